The molecule has 0 fully saturated rings. The van der Waals surface area contributed by atoms with E-state index < -0.39 is 38.8 Å². The summed E-state index contributed by atoms with van der Waals surface area (Å²) in [6.45, 7) is -0.760. The number of carbonyl (C=O) groups is 1. The van der Waals surface area contributed by atoms with Crippen LogP contribution in [0.25, 0.3) is 0 Å². The van der Waals surface area contributed by atoms with Crippen molar-refractivity contribution in [3.63, 3.8) is 0 Å². The third-order valence-corrected chi connectivity index (χ3v) is 1.42. The summed E-state index contributed by atoms with van der Waals surface area (Å²) in [6, 6.07) is 0. The van der Waals surface area contributed by atoms with E-state index in [1.807, 2.05) is 0 Å². The average molecular weight is 392 g/mol. The van der Waals surface area contributed by atoms with Gasteiger partial charge in [0.2, 0.25) is 0 Å². The van der Waals surface area contributed by atoms with Crippen molar-refractivity contribution in [2.45, 2.75) is 24.4 Å². The summed E-state index contributed by atoms with van der Waals surface area (Å²) in [5.74, 6) is 0. The minimum Gasteiger partial charge on any atom is -0.822 e. The Morgan fingerprint density at radius 2 is 1.25 bits per heavy atom. The van der Waals surface area contributed by atoms with Crippen LogP contribution in [0.5, 0.6) is 0 Å². The molecule has 0 aromatic rings. The van der Waals surface area contributed by atoms with E-state index in [0.29, 0.717) is 0 Å². The molecule has 0 bridgehead atoms. The number of rotatable bonds is 5. The molecule has 5 N–H and O–H groups in total. The van der Waals surface area contributed by atoms with Gasteiger partial charge in [0, 0.05) is 0 Å². The van der Waals surface area contributed by atoms with Crippen molar-refractivity contribution in [2.24, 2.45) is 0 Å². The summed E-state index contributed by atoms with van der Waals surface area (Å²) in [5.41, 5.74) is 0. The van der Waals surface area contributed by atoms with Crippen molar-refractivity contribution in [1.29, 1.82) is 0 Å². The molecule has 0 aliphatic rings. The van der Waals surface area contributed by atoms with Crippen molar-refractivity contribution < 1.29 is 204 Å². The van der Waals surface area contributed by atoms with Gasteiger partial charge in [0.1, 0.15) is 24.4 Å². The average Bonchev–Trinajstić information content (AvgIpc) is 2.22. The van der Waals surface area contributed by atoms with Gasteiger partial charge in [-0.15, -0.1) is 0 Å². The molecule has 0 spiro atoms. The molecular weight excluding hydrogens is 380 g/mol. The van der Waals surface area contributed by atoms with Crippen LogP contribution in [0.1, 0.15) is 0 Å². The summed E-state index contributed by atoms with van der Waals surface area (Å²) in [7, 11) is -5.39. The molecule has 0 amide bonds. The maximum absolute atomic E-state index is 9.90. The monoisotopic (exact) mass is 392 g/mol. The Hall–Kier alpha value is 4.49. The first-order valence-electron chi connectivity index (χ1n) is 4.06. The number of hydrogen-bond acceptors (Lipinski definition) is 10. The van der Waals surface area contributed by atoms with Gasteiger partial charge in [0.15, 0.2) is 6.29 Å². The van der Waals surface area contributed by atoms with Gasteiger partial charge in [0.05, 0.1) is 6.61 Å². The fourth-order valence-electron chi connectivity index (χ4n) is 0.618. The van der Waals surface area contributed by atoms with Crippen molar-refractivity contribution in [3.05, 3.63) is 0 Å². The second kappa shape index (κ2) is 19.8. The van der Waals surface area contributed by atoms with Gasteiger partial charge in [-0.05, 0) is 0 Å². The molecule has 0 heterocycles. The Labute approximate surface area is 242 Å². The fraction of sp³-hybridized carbons (Fsp3) is 0.833. The van der Waals surface area contributed by atoms with Crippen LogP contribution in [0.15, 0.2) is 0 Å². The van der Waals surface area contributed by atoms with E-state index in [-0.39, 0.29) is 160 Å². The molecule has 4 unspecified atom stereocenters. The number of phosphoric acid groups is 1. The normalized spacial score (nSPS) is 15.6. The van der Waals surface area contributed by atoms with Crippen LogP contribution in [0, 0.1) is 0 Å². The minimum atomic E-state index is -5.39. The molecule has 10 nitrogen and oxygen atoms in total. The van der Waals surface area contributed by atoms with Crippen LogP contribution < -0.4 is 169 Å². The summed E-state index contributed by atoms with van der Waals surface area (Å²) < 4.78 is 8.55. The first-order chi connectivity index (χ1) is 7.54. The minimum absolute atomic E-state index is 0. The Balaban J connectivity index is -0.0000000821. The van der Waals surface area contributed by atoms with E-state index in [2.05, 4.69) is 0 Å². The molecule has 0 saturated heterocycles. The number of hydrogen-bond donors (Lipinski definition) is 5. The first kappa shape index (κ1) is 35.6. The predicted octanol–water partition coefficient (Wildman–Crippen LogP) is -15.2. The van der Waals surface area contributed by atoms with E-state index in [1.54, 1.807) is 0 Å². The molecular formula is C6H12K3O10P. The maximum Gasteiger partial charge on any atom is 1.00 e. The zero-order valence-electron chi connectivity index (χ0n) is 11.3. The van der Waals surface area contributed by atoms with E-state index in [9.17, 15) is 4.79 Å². The van der Waals surface area contributed by atoms with Crippen LogP contribution in [-0.2, 0) is 9.36 Å². The molecule has 0 radical (unpaired) electrons. The standard InChI is InChI=1S/C6H12O6.3K.H3O4P/c7-1-3(9)5(11)6(12)4(10)2-8;;;;1-5(2,3)4/h1,3-6,8-12H,2H2;;;;(H3,1,2,3,4)/q;3*+1;/p-3. The van der Waals surface area contributed by atoms with E-state index in [1.165, 1.54) is 0 Å². The van der Waals surface area contributed by atoms with Gasteiger partial charge >= 0.3 is 154 Å². The SMILES string of the molecule is O=CC(O)C(O)C(O)C(O)CO.O=P([O-])([O-])[O-].[K+].[K+].[K+]. The Morgan fingerprint density at radius 3 is 1.45 bits per heavy atom. The third-order valence-electron chi connectivity index (χ3n) is 1.42. The van der Waals surface area contributed by atoms with E-state index in [4.69, 9.17) is 44.8 Å². The third kappa shape index (κ3) is 24.7. The van der Waals surface area contributed by atoms with E-state index in [0.717, 1.165) is 0 Å². The van der Waals surface area contributed by atoms with Crippen molar-refractivity contribution in [1.82, 2.24) is 0 Å². The molecule has 20 heavy (non-hydrogen) atoms. The molecule has 14 heteroatoms. The van der Waals surface area contributed by atoms with Gasteiger partial charge in [-0.3, -0.25) is 0 Å². The van der Waals surface area contributed by atoms with Crippen LogP contribution in [0.2, 0.25) is 0 Å². The van der Waals surface area contributed by atoms with Crippen molar-refractivity contribution in [2.75, 3.05) is 6.61 Å². The molecule has 0 aliphatic heterocycles. The smallest absolute Gasteiger partial charge is 0.822 e. The molecule has 0 aromatic carbocycles. The van der Waals surface area contributed by atoms with E-state index >= 15 is 0 Å². The first-order valence-corrected chi connectivity index (χ1v) is 5.52. The summed E-state index contributed by atoms with van der Waals surface area (Å²) in [6.07, 6.45) is -6.84. The zero-order chi connectivity index (χ0) is 14.2. The Morgan fingerprint density at radius 1 is 0.950 bits per heavy atom. The molecule has 0 aliphatic carbocycles. The summed E-state index contributed by atoms with van der Waals surface area (Å²) in [4.78, 5) is 35.5. The van der Waals surface area contributed by atoms with Crippen LogP contribution >= 0.6 is 7.82 Å². The van der Waals surface area contributed by atoms with Crippen molar-refractivity contribution >= 4 is 14.1 Å². The second-order valence-corrected chi connectivity index (χ2v) is 3.70. The number of aliphatic hydroxyl groups excluding tert-OH is 5. The second-order valence-electron chi connectivity index (χ2n) is 2.80. The predicted molar refractivity (Wildman–Crippen MR) is 44.8 cm³/mol. The quantitative estimate of drug-likeness (QED) is 0.170. The van der Waals surface area contributed by atoms with Gasteiger partial charge in [-0.2, -0.15) is 7.82 Å². The number of carbonyl (C=O) groups excluding carboxylic acids is 1. The molecule has 0 rings (SSSR count). The van der Waals surface area contributed by atoms with Gasteiger partial charge in [0.25, 0.3) is 0 Å². The maximum atomic E-state index is 9.90. The Bertz CT molecular complexity index is 255. The van der Waals surface area contributed by atoms with Gasteiger partial charge in [-0.25, -0.2) is 0 Å². The van der Waals surface area contributed by atoms with Gasteiger partial charge < -0.3 is 49.6 Å². The van der Waals surface area contributed by atoms with Crippen molar-refractivity contribution in [3.8, 4) is 0 Å². The molecule has 0 saturated carbocycles. The largest absolute Gasteiger partial charge is 1.00 e. The number of aliphatic hydroxyl groups is 5. The number of aldehydes is 1. The zero-order valence-corrected chi connectivity index (χ0v) is 21.6. The molecule has 0 aromatic heterocycles. The fourth-order valence-corrected chi connectivity index (χ4v) is 0.618. The Kier molecular flexibility index (Phi) is 35.2. The van der Waals surface area contributed by atoms with Crippen LogP contribution in [0.4, 0.5) is 0 Å². The van der Waals surface area contributed by atoms with Crippen LogP contribution in [0.3, 0.4) is 0 Å². The van der Waals surface area contributed by atoms with Gasteiger partial charge in [-0.1, -0.05) is 0 Å². The van der Waals surface area contributed by atoms with Crippen LogP contribution in [-0.4, -0.2) is 62.8 Å². The summed E-state index contributed by atoms with van der Waals surface area (Å²) >= 11 is 0. The molecule has 4 atom stereocenters. The topological polar surface area (TPSA) is 204 Å². The summed E-state index contributed by atoms with van der Waals surface area (Å²) in [5, 5.41) is 43.5. The molecule has 104 valence electrons.